The summed E-state index contributed by atoms with van der Waals surface area (Å²) in [7, 11) is 1.71. The Morgan fingerprint density at radius 1 is 1.29 bits per heavy atom. The zero-order valence-electron chi connectivity index (χ0n) is 10.4. The summed E-state index contributed by atoms with van der Waals surface area (Å²) < 4.78 is 11.1. The monoisotopic (exact) mass is 252 g/mol. The van der Waals surface area contributed by atoms with E-state index in [0.717, 1.165) is 18.6 Å². The van der Waals surface area contributed by atoms with E-state index >= 15 is 0 Å². The summed E-state index contributed by atoms with van der Waals surface area (Å²) >= 11 is 1.63. The summed E-state index contributed by atoms with van der Waals surface area (Å²) in [5, 5.41) is 4.01. The van der Waals surface area contributed by atoms with Crippen molar-refractivity contribution < 1.29 is 9.47 Å². The first kappa shape index (κ1) is 14.0. The fourth-order valence-corrected chi connectivity index (χ4v) is 2.42. The lowest BCUT2D eigenvalue weighted by Gasteiger charge is -2.30. The van der Waals surface area contributed by atoms with Crippen LogP contribution in [-0.4, -0.2) is 20.3 Å². The first-order valence-corrected chi connectivity index (χ1v) is 6.56. The standard InChI is InChI=1S/C14H20O2S/c1-4-7-14(8-5-2,11-15-3)12-16-13-6-9-17-10-13/h4-6,9-10H,1-2,7-8,11-12H2,3H3. The van der Waals surface area contributed by atoms with Crippen molar-refractivity contribution in [3.8, 4) is 5.75 Å². The normalized spacial score (nSPS) is 11.1. The molecule has 1 aromatic rings. The summed E-state index contributed by atoms with van der Waals surface area (Å²) in [5.41, 5.74) is -0.0554. The van der Waals surface area contributed by atoms with Gasteiger partial charge in [0.1, 0.15) is 5.75 Å². The third kappa shape index (κ3) is 4.36. The first-order chi connectivity index (χ1) is 8.26. The van der Waals surface area contributed by atoms with Gasteiger partial charge in [0.05, 0.1) is 13.2 Å². The number of thiophene rings is 1. The summed E-state index contributed by atoms with van der Waals surface area (Å²) in [6, 6.07) is 1.98. The van der Waals surface area contributed by atoms with Gasteiger partial charge in [0.25, 0.3) is 0 Å². The van der Waals surface area contributed by atoms with Crippen LogP contribution >= 0.6 is 11.3 Å². The highest BCUT2D eigenvalue weighted by molar-refractivity contribution is 7.08. The van der Waals surface area contributed by atoms with E-state index in [1.54, 1.807) is 18.4 Å². The van der Waals surface area contributed by atoms with E-state index in [9.17, 15) is 0 Å². The van der Waals surface area contributed by atoms with Gasteiger partial charge in [0, 0.05) is 17.9 Å². The molecule has 0 unspecified atom stereocenters. The van der Waals surface area contributed by atoms with E-state index in [4.69, 9.17) is 9.47 Å². The molecule has 0 aliphatic carbocycles. The van der Waals surface area contributed by atoms with Gasteiger partial charge in [-0.2, -0.15) is 0 Å². The van der Waals surface area contributed by atoms with E-state index in [1.807, 2.05) is 29.0 Å². The Kier molecular flexibility index (Phi) is 6.01. The minimum atomic E-state index is -0.0554. The van der Waals surface area contributed by atoms with E-state index in [0.29, 0.717) is 13.2 Å². The smallest absolute Gasteiger partial charge is 0.129 e. The maximum Gasteiger partial charge on any atom is 0.129 e. The summed E-state index contributed by atoms with van der Waals surface area (Å²) in [4.78, 5) is 0. The Bertz CT molecular complexity index is 320. The number of ether oxygens (including phenoxy) is 2. The molecule has 1 aromatic heterocycles. The fourth-order valence-electron chi connectivity index (χ4n) is 1.85. The predicted octanol–water partition coefficient (Wildman–Crippen LogP) is 3.91. The SMILES string of the molecule is C=CCC(CC=C)(COC)COc1ccsc1. The van der Waals surface area contributed by atoms with Crippen molar-refractivity contribution in [1.29, 1.82) is 0 Å². The van der Waals surface area contributed by atoms with Crippen molar-refractivity contribution in [3.63, 3.8) is 0 Å². The van der Waals surface area contributed by atoms with Gasteiger partial charge in [0.2, 0.25) is 0 Å². The zero-order valence-corrected chi connectivity index (χ0v) is 11.2. The lowest BCUT2D eigenvalue weighted by Crippen LogP contribution is -2.32. The molecule has 94 valence electrons. The lowest BCUT2D eigenvalue weighted by atomic mass is 9.82. The number of rotatable bonds is 9. The van der Waals surface area contributed by atoms with Gasteiger partial charge in [-0.05, 0) is 24.3 Å². The molecule has 3 heteroatoms. The maximum absolute atomic E-state index is 5.80. The minimum absolute atomic E-state index is 0.0554. The third-order valence-electron chi connectivity index (χ3n) is 2.65. The van der Waals surface area contributed by atoms with Crippen LogP contribution in [0.2, 0.25) is 0 Å². The van der Waals surface area contributed by atoms with Crippen LogP contribution in [0.4, 0.5) is 0 Å². The summed E-state index contributed by atoms with van der Waals surface area (Å²) in [6.45, 7) is 8.89. The average molecular weight is 252 g/mol. The van der Waals surface area contributed by atoms with Gasteiger partial charge in [-0.1, -0.05) is 12.2 Å². The highest BCUT2D eigenvalue weighted by atomic mass is 32.1. The van der Waals surface area contributed by atoms with Gasteiger partial charge >= 0.3 is 0 Å². The number of allylic oxidation sites excluding steroid dienone is 2. The highest BCUT2D eigenvalue weighted by Gasteiger charge is 2.28. The Morgan fingerprint density at radius 2 is 2.00 bits per heavy atom. The molecular formula is C14H20O2S. The van der Waals surface area contributed by atoms with Crippen molar-refractivity contribution in [2.75, 3.05) is 20.3 Å². The molecule has 0 fully saturated rings. The molecule has 0 N–H and O–H groups in total. The number of hydrogen-bond acceptors (Lipinski definition) is 3. The second-order valence-electron chi connectivity index (χ2n) is 4.17. The molecular weight excluding hydrogens is 232 g/mol. The van der Waals surface area contributed by atoms with Gasteiger partial charge in [0.15, 0.2) is 0 Å². The van der Waals surface area contributed by atoms with Gasteiger partial charge in [-0.3, -0.25) is 0 Å². The van der Waals surface area contributed by atoms with Crippen LogP contribution in [0.5, 0.6) is 5.75 Å². The highest BCUT2D eigenvalue weighted by Crippen LogP contribution is 2.30. The molecule has 17 heavy (non-hydrogen) atoms. The Labute approximate surface area is 108 Å². The maximum atomic E-state index is 5.80. The predicted molar refractivity (Wildman–Crippen MR) is 73.8 cm³/mol. The zero-order chi connectivity index (χ0) is 12.6. The second kappa shape index (κ2) is 7.30. The van der Waals surface area contributed by atoms with E-state index in [1.165, 1.54) is 0 Å². The molecule has 1 rings (SSSR count). The molecule has 2 nitrogen and oxygen atoms in total. The van der Waals surface area contributed by atoms with Crippen LogP contribution in [0, 0.1) is 5.41 Å². The topological polar surface area (TPSA) is 18.5 Å². The molecule has 0 atom stereocenters. The summed E-state index contributed by atoms with van der Waals surface area (Å²) in [6.07, 6.45) is 5.55. The summed E-state index contributed by atoms with van der Waals surface area (Å²) in [5.74, 6) is 0.920. The van der Waals surface area contributed by atoms with E-state index in [2.05, 4.69) is 13.2 Å². The third-order valence-corrected chi connectivity index (χ3v) is 3.31. The molecule has 0 saturated carbocycles. The van der Waals surface area contributed by atoms with E-state index < -0.39 is 0 Å². The number of methoxy groups -OCH3 is 1. The largest absolute Gasteiger partial charge is 0.492 e. The molecule has 0 radical (unpaired) electrons. The molecule has 0 aliphatic rings. The quantitative estimate of drug-likeness (QED) is 0.620. The lowest BCUT2D eigenvalue weighted by molar-refractivity contribution is 0.0422. The van der Waals surface area contributed by atoms with Crippen LogP contribution < -0.4 is 4.74 Å². The molecule has 1 heterocycles. The average Bonchev–Trinajstić information content (AvgIpc) is 2.80. The van der Waals surface area contributed by atoms with Crippen molar-refractivity contribution in [2.45, 2.75) is 12.8 Å². The van der Waals surface area contributed by atoms with Gasteiger partial charge < -0.3 is 9.47 Å². The van der Waals surface area contributed by atoms with Crippen LogP contribution in [0.15, 0.2) is 42.1 Å². The van der Waals surface area contributed by atoms with Crippen molar-refractivity contribution in [3.05, 3.63) is 42.1 Å². The second-order valence-corrected chi connectivity index (χ2v) is 4.95. The van der Waals surface area contributed by atoms with E-state index in [-0.39, 0.29) is 5.41 Å². The Balaban J connectivity index is 2.65. The molecule has 0 spiro atoms. The van der Waals surface area contributed by atoms with Gasteiger partial charge in [-0.15, -0.1) is 24.5 Å². The Hall–Kier alpha value is -1.06. The molecule has 0 aromatic carbocycles. The van der Waals surface area contributed by atoms with Crippen LogP contribution in [0.3, 0.4) is 0 Å². The van der Waals surface area contributed by atoms with Crippen molar-refractivity contribution >= 4 is 11.3 Å². The number of hydrogen-bond donors (Lipinski definition) is 0. The minimum Gasteiger partial charge on any atom is -0.492 e. The van der Waals surface area contributed by atoms with Crippen LogP contribution in [0.25, 0.3) is 0 Å². The molecule has 0 saturated heterocycles. The van der Waals surface area contributed by atoms with Gasteiger partial charge in [-0.25, -0.2) is 0 Å². The molecule has 0 bridgehead atoms. The Morgan fingerprint density at radius 3 is 2.47 bits per heavy atom. The van der Waals surface area contributed by atoms with Crippen LogP contribution in [-0.2, 0) is 4.74 Å². The molecule has 0 amide bonds. The van der Waals surface area contributed by atoms with Crippen molar-refractivity contribution in [2.24, 2.45) is 5.41 Å². The first-order valence-electron chi connectivity index (χ1n) is 5.62. The van der Waals surface area contributed by atoms with Crippen LogP contribution in [0.1, 0.15) is 12.8 Å². The molecule has 0 aliphatic heterocycles. The fraction of sp³-hybridized carbons (Fsp3) is 0.429. The van der Waals surface area contributed by atoms with Crippen molar-refractivity contribution in [1.82, 2.24) is 0 Å².